The number of hydrogen-bond acceptors (Lipinski definition) is 3. The van der Waals surface area contributed by atoms with Gasteiger partial charge in [-0.05, 0) is 32.9 Å². The van der Waals surface area contributed by atoms with E-state index in [1.807, 2.05) is 18.2 Å². The molecule has 0 atom stereocenters. The third kappa shape index (κ3) is 2.10. The molecule has 0 N–H and O–H groups in total. The average molecular weight is 267 g/mol. The first-order valence-corrected chi connectivity index (χ1v) is 6.20. The van der Waals surface area contributed by atoms with Crippen molar-refractivity contribution in [2.45, 2.75) is 26.2 Å². The molecule has 2 aromatic rings. The highest BCUT2D eigenvalue weighted by molar-refractivity contribution is 6.34. The Morgan fingerprint density at radius 3 is 2.78 bits per heavy atom. The summed E-state index contributed by atoms with van der Waals surface area (Å²) in [5, 5.41) is 1.42. The number of fused-ring (bicyclic) bond motifs is 1. The zero-order valence-electron chi connectivity index (χ0n) is 10.6. The second-order valence-corrected chi connectivity index (χ2v) is 5.02. The van der Waals surface area contributed by atoms with Gasteiger partial charge in [0.25, 0.3) is 0 Å². The Balaban J connectivity index is 2.48. The van der Waals surface area contributed by atoms with E-state index in [4.69, 9.17) is 20.8 Å². The van der Waals surface area contributed by atoms with Crippen LogP contribution in [0.3, 0.4) is 0 Å². The van der Waals surface area contributed by atoms with Crippen molar-refractivity contribution in [2.24, 2.45) is 0 Å². The number of benzene rings is 1. The third-order valence-corrected chi connectivity index (χ3v) is 3.20. The van der Waals surface area contributed by atoms with Crippen LogP contribution in [0.4, 0.5) is 0 Å². The molecule has 1 aromatic heterocycles. The number of rotatable bonds is 3. The number of hydrogen-bond donors (Lipinski definition) is 0. The Bertz CT molecular complexity index is 584. The van der Waals surface area contributed by atoms with Crippen LogP contribution >= 0.6 is 11.6 Å². The van der Waals surface area contributed by atoms with Crippen LogP contribution in [0.15, 0.2) is 28.7 Å². The molecule has 2 rings (SSSR count). The highest BCUT2D eigenvalue weighted by Crippen LogP contribution is 2.33. The van der Waals surface area contributed by atoms with E-state index in [0.717, 1.165) is 5.39 Å². The van der Waals surface area contributed by atoms with E-state index in [1.165, 1.54) is 0 Å². The topological polar surface area (TPSA) is 39.4 Å². The van der Waals surface area contributed by atoms with E-state index in [-0.39, 0.29) is 5.97 Å². The molecule has 96 valence electrons. The van der Waals surface area contributed by atoms with Crippen LogP contribution < -0.4 is 0 Å². The van der Waals surface area contributed by atoms with Gasteiger partial charge in [0, 0.05) is 5.39 Å². The number of halogens is 1. The maximum Gasteiger partial charge on any atom is 0.319 e. The van der Waals surface area contributed by atoms with Crippen molar-refractivity contribution in [3.63, 3.8) is 0 Å². The van der Waals surface area contributed by atoms with Gasteiger partial charge in [0.15, 0.2) is 5.58 Å². The standard InChI is InChI=1S/C14H15ClO3/c1-4-17-13(16)14(2,3)11-8-9-6-5-7-10(15)12(9)18-11/h5-8H,4H2,1-3H3. The minimum Gasteiger partial charge on any atom is -0.465 e. The van der Waals surface area contributed by atoms with Crippen LogP contribution in [0.2, 0.25) is 5.02 Å². The summed E-state index contributed by atoms with van der Waals surface area (Å²) in [7, 11) is 0. The first-order chi connectivity index (χ1) is 8.46. The molecular weight excluding hydrogens is 252 g/mol. The Hall–Kier alpha value is -1.48. The summed E-state index contributed by atoms with van der Waals surface area (Å²) >= 11 is 6.05. The second kappa shape index (κ2) is 4.65. The first-order valence-electron chi connectivity index (χ1n) is 5.82. The van der Waals surface area contributed by atoms with E-state index in [0.29, 0.717) is 23.0 Å². The molecule has 0 spiro atoms. The van der Waals surface area contributed by atoms with E-state index in [9.17, 15) is 4.79 Å². The molecule has 0 fully saturated rings. The Labute approximate surface area is 111 Å². The fourth-order valence-corrected chi connectivity index (χ4v) is 1.97. The van der Waals surface area contributed by atoms with Gasteiger partial charge in [-0.2, -0.15) is 0 Å². The lowest BCUT2D eigenvalue weighted by Gasteiger charge is -2.19. The van der Waals surface area contributed by atoms with Gasteiger partial charge in [0.05, 0.1) is 11.6 Å². The van der Waals surface area contributed by atoms with Gasteiger partial charge < -0.3 is 9.15 Å². The monoisotopic (exact) mass is 266 g/mol. The smallest absolute Gasteiger partial charge is 0.319 e. The van der Waals surface area contributed by atoms with Gasteiger partial charge in [-0.1, -0.05) is 23.7 Å². The lowest BCUT2D eigenvalue weighted by atomic mass is 9.90. The number of furan rings is 1. The molecule has 0 amide bonds. The SMILES string of the molecule is CCOC(=O)C(C)(C)c1cc2cccc(Cl)c2o1. The number of carbonyl (C=O) groups excluding carboxylic acids is 1. The zero-order chi connectivity index (χ0) is 13.3. The van der Waals surface area contributed by atoms with Gasteiger partial charge in [-0.15, -0.1) is 0 Å². The molecule has 1 heterocycles. The number of esters is 1. The summed E-state index contributed by atoms with van der Waals surface area (Å²) in [5.74, 6) is 0.254. The lowest BCUT2D eigenvalue weighted by molar-refractivity contribution is -0.149. The van der Waals surface area contributed by atoms with Crippen LogP contribution in [-0.4, -0.2) is 12.6 Å². The molecule has 3 nitrogen and oxygen atoms in total. The lowest BCUT2D eigenvalue weighted by Crippen LogP contribution is -2.30. The van der Waals surface area contributed by atoms with Crippen molar-refractivity contribution in [3.8, 4) is 0 Å². The van der Waals surface area contributed by atoms with Crippen molar-refractivity contribution in [2.75, 3.05) is 6.61 Å². The predicted molar refractivity (Wildman–Crippen MR) is 70.9 cm³/mol. The first kappa shape index (κ1) is 13.0. The third-order valence-electron chi connectivity index (χ3n) is 2.90. The van der Waals surface area contributed by atoms with Crippen LogP contribution in [0.25, 0.3) is 11.0 Å². The fourth-order valence-electron chi connectivity index (χ4n) is 1.75. The van der Waals surface area contributed by atoms with Crippen molar-refractivity contribution < 1.29 is 13.9 Å². The maximum absolute atomic E-state index is 11.9. The van der Waals surface area contributed by atoms with Crippen molar-refractivity contribution in [1.29, 1.82) is 0 Å². The maximum atomic E-state index is 11.9. The number of para-hydroxylation sites is 1. The van der Waals surface area contributed by atoms with Crippen LogP contribution in [0.5, 0.6) is 0 Å². The molecular formula is C14H15ClO3. The molecule has 0 saturated carbocycles. The van der Waals surface area contributed by atoms with Gasteiger partial charge in [0.2, 0.25) is 0 Å². The predicted octanol–water partition coefficient (Wildman–Crippen LogP) is 3.93. The molecule has 18 heavy (non-hydrogen) atoms. The average Bonchev–Trinajstić information content (AvgIpc) is 2.75. The normalized spacial score (nSPS) is 11.8. The minimum absolute atomic E-state index is 0.305. The summed E-state index contributed by atoms with van der Waals surface area (Å²) in [6.45, 7) is 5.68. The summed E-state index contributed by atoms with van der Waals surface area (Å²) in [4.78, 5) is 11.9. The summed E-state index contributed by atoms with van der Waals surface area (Å²) < 4.78 is 10.8. The van der Waals surface area contributed by atoms with E-state index in [2.05, 4.69) is 0 Å². The quantitative estimate of drug-likeness (QED) is 0.790. The minimum atomic E-state index is -0.821. The molecule has 0 aliphatic heterocycles. The molecule has 0 saturated heterocycles. The molecule has 0 radical (unpaired) electrons. The second-order valence-electron chi connectivity index (χ2n) is 4.61. The Morgan fingerprint density at radius 2 is 2.17 bits per heavy atom. The highest BCUT2D eigenvalue weighted by atomic mass is 35.5. The van der Waals surface area contributed by atoms with Crippen molar-refractivity contribution in [3.05, 3.63) is 35.0 Å². The molecule has 0 aliphatic carbocycles. The molecule has 0 bridgehead atoms. The van der Waals surface area contributed by atoms with E-state index < -0.39 is 5.41 Å². The largest absolute Gasteiger partial charge is 0.465 e. The molecule has 1 aromatic carbocycles. The Kier molecular flexibility index (Phi) is 3.35. The highest BCUT2D eigenvalue weighted by Gasteiger charge is 2.35. The van der Waals surface area contributed by atoms with Crippen LogP contribution in [0.1, 0.15) is 26.5 Å². The summed E-state index contributed by atoms with van der Waals surface area (Å²) in [6, 6.07) is 7.34. The van der Waals surface area contributed by atoms with E-state index in [1.54, 1.807) is 26.8 Å². The summed E-state index contributed by atoms with van der Waals surface area (Å²) in [5.41, 5.74) is -0.218. The summed E-state index contributed by atoms with van der Waals surface area (Å²) in [6.07, 6.45) is 0. The number of carbonyl (C=O) groups is 1. The molecule has 4 heteroatoms. The molecule has 0 aliphatic rings. The van der Waals surface area contributed by atoms with E-state index >= 15 is 0 Å². The van der Waals surface area contributed by atoms with Crippen LogP contribution in [0, 0.1) is 0 Å². The van der Waals surface area contributed by atoms with Gasteiger partial charge >= 0.3 is 5.97 Å². The van der Waals surface area contributed by atoms with Crippen molar-refractivity contribution in [1.82, 2.24) is 0 Å². The van der Waals surface area contributed by atoms with Gasteiger partial charge in [-0.3, -0.25) is 4.79 Å². The number of ether oxygens (including phenoxy) is 1. The molecule has 0 unspecified atom stereocenters. The van der Waals surface area contributed by atoms with Crippen molar-refractivity contribution >= 4 is 28.5 Å². The zero-order valence-corrected chi connectivity index (χ0v) is 11.4. The van der Waals surface area contributed by atoms with Gasteiger partial charge in [-0.25, -0.2) is 0 Å². The fraction of sp³-hybridized carbons (Fsp3) is 0.357. The van der Waals surface area contributed by atoms with Gasteiger partial charge in [0.1, 0.15) is 11.2 Å². The van der Waals surface area contributed by atoms with Crippen LogP contribution in [-0.2, 0) is 14.9 Å². The Morgan fingerprint density at radius 1 is 1.44 bits per heavy atom.